The van der Waals surface area contributed by atoms with Crippen molar-refractivity contribution in [3.05, 3.63) is 59.8 Å². The quantitative estimate of drug-likeness (QED) is 0.746. The Labute approximate surface area is 111 Å². The molecule has 3 rings (SSSR count). The Balaban J connectivity index is 1.86. The number of fused-ring (bicyclic) bond motifs is 1. The summed E-state index contributed by atoms with van der Waals surface area (Å²) >= 11 is 0. The van der Waals surface area contributed by atoms with Crippen LogP contribution in [-0.2, 0) is 6.61 Å². The second-order valence-electron chi connectivity index (χ2n) is 4.62. The molecule has 96 valence electrons. The van der Waals surface area contributed by atoms with Crippen LogP contribution < -0.4 is 4.74 Å². The van der Waals surface area contributed by atoms with Crippen LogP contribution >= 0.6 is 0 Å². The molecule has 0 aliphatic heterocycles. The van der Waals surface area contributed by atoms with Gasteiger partial charge in [0.1, 0.15) is 6.61 Å². The number of H-pyrrole nitrogens is 1. The van der Waals surface area contributed by atoms with Crippen molar-refractivity contribution >= 4 is 10.9 Å². The highest BCUT2D eigenvalue weighted by molar-refractivity contribution is 5.83. The van der Waals surface area contributed by atoms with Gasteiger partial charge in [-0.1, -0.05) is 23.8 Å². The maximum atomic E-state index is 9.66. The first kappa shape index (κ1) is 11.7. The smallest absolute Gasteiger partial charge is 0.161 e. The molecule has 0 aliphatic carbocycles. The topological polar surface area (TPSA) is 45.2 Å². The summed E-state index contributed by atoms with van der Waals surface area (Å²) in [6.07, 6.45) is 1.95. The molecule has 0 spiro atoms. The number of aromatic amines is 1. The summed E-state index contributed by atoms with van der Waals surface area (Å²) < 4.78 is 5.66. The van der Waals surface area contributed by atoms with Crippen LogP contribution in [0.2, 0.25) is 0 Å². The zero-order chi connectivity index (χ0) is 13.2. The number of aromatic nitrogens is 1. The third-order valence-corrected chi connectivity index (χ3v) is 3.17. The number of nitrogens with one attached hydrogen (secondary N) is 1. The van der Waals surface area contributed by atoms with E-state index in [2.05, 4.69) is 30.1 Å². The first-order valence-electron chi connectivity index (χ1n) is 6.21. The number of phenolic OH excluding ortho intramolecular Hbond substituents is 1. The molecule has 0 saturated heterocycles. The van der Waals surface area contributed by atoms with Gasteiger partial charge in [0, 0.05) is 22.7 Å². The molecule has 0 aliphatic rings. The molecule has 2 N–H and O–H groups in total. The molecule has 0 radical (unpaired) electrons. The first-order chi connectivity index (χ1) is 9.24. The van der Waals surface area contributed by atoms with Crippen molar-refractivity contribution in [1.82, 2.24) is 4.98 Å². The molecule has 0 bridgehead atoms. The van der Waals surface area contributed by atoms with Crippen LogP contribution in [0.25, 0.3) is 10.9 Å². The molecule has 0 unspecified atom stereocenters. The normalized spacial score (nSPS) is 10.8. The number of benzene rings is 2. The van der Waals surface area contributed by atoms with Gasteiger partial charge in [0.25, 0.3) is 0 Å². The summed E-state index contributed by atoms with van der Waals surface area (Å²) in [4.78, 5) is 3.22. The third kappa shape index (κ3) is 2.27. The van der Waals surface area contributed by atoms with Crippen LogP contribution in [0.3, 0.4) is 0 Å². The van der Waals surface area contributed by atoms with E-state index in [4.69, 9.17) is 4.74 Å². The van der Waals surface area contributed by atoms with Gasteiger partial charge in [-0.3, -0.25) is 0 Å². The number of aromatic hydroxyl groups is 1. The van der Waals surface area contributed by atoms with Crippen LogP contribution in [0.4, 0.5) is 0 Å². The van der Waals surface area contributed by atoms with Crippen molar-refractivity contribution in [2.24, 2.45) is 0 Å². The highest BCUT2D eigenvalue weighted by Gasteiger charge is 2.06. The number of rotatable bonds is 3. The monoisotopic (exact) mass is 253 g/mol. The Hall–Kier alpha value is -2.42. The molecular weight excluding hydrogens is 238 g/mol. The SMILES string of the molecule is Cc1ccc2[nH]cc(COc3ccccc3O)c2c1. The zero-order valence-electron chi connectivity index (χ0n) is 10.7. The lowest BCUT2D eigenvalue weighted by atomic mass is 10.1. The number of hydrogen-bond acceptors (Lipinski definition) is 2. The van der Waals surface area contributed by atoms with Gasteiger partial charge in [0.15, 0.2) is 11.5 Å². The van der Waals surface area contributed by atoms with Gasteiger partial charge >= 0.3 is 0 Å². The summed E-state index contributed by atoms with van der Waals surface area (Å²) in [5, 5.41) is 10.8. The van der Waals surface area contributed by atoms with Gasteiger partial charge < -0.3 is 14.8 Å². The van der Waals surface area contributed by atoms with Gasteiger partial charge in [0.2, 0.25) is 0 Å². The molecule has 0 atom stereocenters. The molecule has 3 aromatic rings. The van der Waals surface area contributed by atoms with Crippen LogP contribution in [0.15, 0.2) is 48.7 Å². The van der Waals surface area contributed by atoms with Crippen molar-refractivity contribution in [1.29, 1.82) is 0 Å². The van der Waals surface area contributed by atoms with Crippen LogP contribution in [0, 0.1) is 6.92 Å². The second kappa shape index (κ2) is 4.69. The van der Waals surface area contributed by atoms with E-state index in [1.165, 1.54) is 5.56 Å². The van der Waals surface area contributed by atoms with Crippen LogP contribution in [0.5, 0.6) is 11.5 Å². The zero-order valence-corrected chi connectivity index (χ0v) is 10.7. The molecule has 19 heavy (non-hydrogen) atoms. The first-order valence-corrected chi connectivity index (χ1v) is 6.21. The van der Waals surface area contributed by atoms with Crippen molar-refractivity contribution in [3.63, 3.8) is 0 Å². The molecule has 0 fully saturated rings. The van der Waals surface area contributed by atoms with E-state index in [1.54, 1.807) is 18.2 Å². The Kier molecular flexibility index (Phi) is 2.88. The van der Waals surface area contributed by atoms with E-state index in [9.17, 15) is 5.11 Å². The number of para-hydroxylation sites is 2. The molecule has 1 aromatic heterocycles. The Morgan fingerprint density at radius 3 is 2.84 bits per heavy atom. The Morgan fingerprint density at radius 2 is 2.00 bits per heavy atom. The van der Waals surface area contributed by atoms with Crippen molar-refractivity contribution < 1.29 is 9.84 Å². The van der Waals surface area contributed by atoms with Gasteiger partial charge in [-0.05, 0) is 31.2 Å². The standard InChI is InChI=1S/C16H15NO2/c1-11-6-7-14-13(8-11)12(9-17-14)10-19-16-5-3-2-4-15(16)18/h2-9,17-18H,10H2,1H3. The fourth-order valence-corrected chi connectivity index (χ4v) is 2.15. The molecule has 3 heteroatoms. The average Bonchev–Trinajstić information content (AvgIpc) is 2.80. The van der Waals surface area contributed by atoms with Crippen molar-refractivity contribution in [2.45, 2.75) is 13.5 Å². The van der Waals surface area contributed by atoms with Gasteiger partial charge in [-0.15, -0.1) is 0 Å². The number of hydrogen-bond donors (Lipinski definition) is 2. The Morgan fingerprint density at radius 1 is 1.16 bits per heavy atom. The molecular formula is C16H15NO2. The highest BCUT2D eigenvalue weighted by Crippen LogP contribution is 2.27. The summed E-state index contributed by atoms with van der Waals surface area (Å²) in [7, 11) is 0. The number of ether oxygens (including phenoxy) is 1. The predicted octanol–water partition coefficient (Wildman–Crippen LogP) is 3.76. The van der Waals surface area contributed by atoms with Crippen molar-refractivity contribution in [3.8, 4) is 11.5 Å². The van der Waals surface area contributed by atoms with E-state index < -0.39 is 0 Å². The third-order valence-electron chi connectivity index (χ3n) is 3.17. The summed E-state index contributed by atoms with van der Waals surface area (Å²) in [5.74, 6) is 0.669. The molecule has 0 saturated carbocycles. The fourth-order valence-electron chi connectivity index (χ4n) is 2.15. The van der Waals surface area contributed by atoms with Gasteiger partial charge in [-0.25, -0.2) is 0 Å². The molecule has 2 aromatic carbocycles. The second-order valence-corrected chi connectivity index (χ2v) is 4.62. The predicted molar refractivity (Wildman–Crippen MR) is 75.5 cm³/mol. The molecule has 3 nitrogen and oxygen atoms in total. The fraction of sp³-hybridized carbons (Fsp3) is 0.125. The molecule has 1 heterocycles. The van der Waals surface area contributed by atoms with Gasteiger partial charge in [-0.2, -0.15) is 0 Å². The lowest BCUT2D eigenvalue weighted by Crippen LogP contribution is -1.94. The molecule has 0 amide bonds. The summed E-state index contributed by atoms with van der Waals surface area (Å²) in [6, 6.07) is 13.3. The van der Waals surface area contributed by atoms with E-state index >= 15 is 0 Å². The van der Waals surface area contributed by atoms with Gasteiger partial charge in [0.05, 0.1) is 0 Å². The van der Waals surface area contributed by atoms with E-state index in [1.807, 2.05) is 12.3 Å². The van der Waals surface area contributed by atoms with Crippen LogP contribution in [-0.4, -0.2) is 10.1 Å². The summed E-state index contributed by atoms with van der Waals surface area (Å²) in [6.45, 7) is 2.50. The summed E-state index contributed by atoms with van der Waals surface area (Å²) in [5.41, 5.74) is 3.40. The number of phenols is 1. The average molecular weight is 253 g/mol. The minimum absolute atomic E-state index is 0.165. The van der Waals surface area contributed by atoms with E-state index in [-0.39, 0.29) is 5.75 Å². The van der Waals surface area contributed by atoms with E-state index in [0.717, 1.165) is 16.5 Å². The van der Waals surface area contributed by atoms with Crippen molar-refractivity contribution in [2.75, 3.05) is 0 Å². The lowest BCUT2D eigenvalue weighted by molar-refractivity contribution is 0.290. The Bertz CT molecular complexity index is 716. The largest absolute Gasteiger partial charge is 0.504 e. The lowest BCUT2D eigenvalue weighted by Gasteiger charge is -2.07. The van der Waals surface area contributed by atoms with Crippen LogP contribution in [0.1, 0.15) is 11.1 Å². The minimum Gasteiger partial charge on any atom is -0.504 e. The van der Waals surface area contributed by atoms with E-state index in [0.29, 0.717) is 12.4 Å². The minimum atomic E-state index is 0.165. The maximum absolute atomic E-state index is 9.66. The highest BCUT2D eigenvalue weighted by atomic mass is 16.5. The number of aryl methyl sites for hydroxylation is 1. The maximum Gasteiger partial charge on any atom is 0.161 e.